The molecule has 0 aromatic rings. The van der Waals surface area contributed by atoms with Gasteiger partial charge in [0.25, 0.3) is 6.43 Å². The summed E-state index contributed by atoms with van der Waals surface area (Å²) in [5, 5.41) is 0. The molecule has 0 aromatic carbocycles. The molecule has 0 amide bonds. The fraction of sp³-hybridized carbons (Fsp3) is 1.00. The molecule has 0 radical (unpaired) electrons. The lowest BCUT2D eigenvalue weighted by Gasteiger charge is -2.38. The van der Waals surface area contributed by atoms with Gasteiger partial charge in [-0.3, -0.25) is 4.90 Å². The van der Waals surface area contributed by atoms with Crippen molar-refractivity contribution in [3.05, 3.63) is 0 Å². The van der Waals surface area contributed by atoms with E-state index in [1.165, 1.54) is 0 Å². The lowest BCUT2D eigenvalue weighted by Crippen LogP contribution is -2.50. The van der Waals surface area contributed by atoms with Crippen LogP contribution in [0.15, 0.2) is 0 Å². The summed E-state index contributed by atoms with van der Waals surface area (Å²) in [6, 6.07) is 0.197. The van der Waals surface area contributed by atoms with Crippen LogP contribution in [-0.2, 0) is 0 Å². The molecule has 2 nitrogen and oxygen atoms in total. The first-order chi connectivity index (χ1) is 6.50. The number of hydrogen-bond acceptors (Lipinski definition) is 2. The Hall–Kier alpha value is -0.220. The highest BCUT2D eigenvalue weighted by Gasteiger charge is 2.29. The van der Waals surface area contributed by atoms with Crippen molar-refractivity contribution < 1.29 is 8.78 Å². The summed E-state index contributed by atoms with van der Waals surface area (Å²) in [4.78, 5) is 1.71. The van der Waals surface area contributed by atoms with Crippen LogP contribution in [0.3, 0.4) is 0 Å². The van der Waals surface area contributed by atoms with Gasteiger partial charge in [-0.1, -0.05) is 6.92 Å². The number of hydrogen-bond donors (Lipinski definition) is 1. The van der Waals surface area contributed by atoms with Gasteiger partial charge in [0.15, 0.2) is 0 Å². The minimum Gasteiger partial charge on any atom is -0.326 e. The second kappa shape index (κ2) is 5.03. The Bertz CT molecular complexity index is 176. The summed E-state index contributed by atoms with van der Waals surface area (Å²) in [5.41, 5.74) is 5.93. The van der Waals surface area contributed by atoms with Crippen molar-refractivity contribution in [1.29, 1.82) is 0 Å². The van der Waals surface area contributed by atoms with Crippen molar-refractivity contribution in [2.24, 2.45) is 11.7 Å². The van der Waals surface area contributed by atoms with Gasteiger partial charge in [-0.25, -0.2) is 8.78 Å². The molecule has 84 valence electrons. The summed E-state index contributed by atoms with van der Waals surface area (Å²) < 4.78 is 24.4. The highest BCUT2D eigenvalue weighted by molar-refractivity contribution is 4.87. The molecule has 1 aliphatic carbocycles. The number of nitrogens with two attached hydrogens (primary N) is 1. The molecule has 4 heteroatoms. The number of rotatable bonds is 3. The van der Waals surface area contributed by atoms with Crippen LogP contribution in [-0.4, -0.2) is 37.0 Å². The zero-order valence-corrected chi connectivity index (χ0v) is 8.92. The molecule has 2 N–H and O–H groups in total. The Morgan fingerprint density at radius 3 is 2.64 bits per heavy atom. The minimum atomic E-state index is -2.26. The molecule has 0 spiro atoms. The lowest BCUT2D eigenvalue weighted by molar-refractivity contribution is 0.0571. The van der Waals surface area contributed by atoms with Gasteiger partial charge in [0.2, 0.25) is 0 Å². The highest BCUT2D eigenvalue weighted by Crippen LogP contribution is 2.26. The summed E-state index contributed by atoms with van der Waals surface area (Å²) >= 11 is 0. The molecule has 3 atom stereocenters. The highest BCUT2D eigenvalue weighted by atomic mass is 19.3. The fourth-order valence-corrected chi connectivity index (χ4v) is 2.23. The van der Waals surface area contributed by atoms with Crippen LogP contribution in [0, 0.1) is 5.92 Å². The minimum absolute atomic E-state index is 0.0648. The maximum absolute atomic E-state index is 12.2. The molecule has 1 rings (SSSR count). The Morgan fingerprint density at radius 2 is 2.07 bits per heavy atom. The first-order valence-electron chi connectivity index (χ1n) is 5.24. The second-order valence-electron chi connectivity index (χ2n) is 4.48. The van der Waals surface area contributed by atoms with Gasteiger partial charge >= 0.3 is 0 Å². The van der Waals surface area contributed by atoms with Gasteiger partial charge in [-0.2, -0.15) is 0 Å². The first kappa shape index (κ1) is 11.9. The average Bonchev–Trinajstić information content (AvgIpc) is 2.08. The predicted molar refractivity (Wildman–Crippen MR) is 53.4 cm³/mol. The maximum Gasteiger partial charge on any atom is 0.251 e. The Kier molecular flexibility index (Phi) is 4.26. The van der Waals surface area contributed by atoms with E-state index in [0.717, 1.165) is 19.3 Å². The lowest BCUT2D eigenvalue weighted by atomic mass is 9.83. The average molecular weight is 206 g/mol. The van der Waals surface area contributed by atoms with Crippen LogP contribution >= 0.6 is 0 Å². The Labute approximate surface area is 84.4 Å². The van der Waals surface area contributed by atoms with E-state index in [1.54, 1.807) is 11.9 Å². The molecular weight excluding hydrogens is 186 g/mol. The standard InChI is InChI=1S/C10H20F2N2/c1-7-3-4-8(13)9(5-7)14(2)6-10(11)12/h7-10H,3-6,13H2,1-2H3. The second-order valence-corrected chi connectivity index (χ2v) is 4.48. The molecule has 0 saturated heterocycles. The van der Waals surface area contributed by atoms with E-state index in [-0.39, 0.29) is 18.6 Å². The fourth-order valence-electron chi connectivity index (χ4n) is 2.23. The largest absolute Gasteiger partial charge is 0.326 e. The molecule has 3 unspecified atom stereocenters. The van der Waals surface area contributed by atoms with Crippen LogP contribution in [0.1, 0.15) is 26.2 Å². The molecule has 0 aromatic heterocycles. The predicted octanol–water partition coefficient (Wildman–Crippen LogP) is 1.70. The van der Waals surface area contributed by atoms with E-state index in [1.807, 2.05) is 0 Å². The zero-order chi connectivity index (χ0) is 10.7. The number of halogens is 2. The van der Waals surface area contributed by atoms with E-state index in [0.29, 0.717) is 5.92 Å². The number of likely N-dealkylation sites (N-methyl/N-ethyl adjacent to an activating group) is 1. The first-order valence-corrected chi connectivity index (χ1v) is 5.24. The third-order valence-electron chi connectivity index (χ3n) is 3.12. The van der Waals surface area contributed by atoms with Crippen molar-refractivity contribution >= 4 is 0 Å². The van der Waals surface area contributed by atoms with E-state index in [2.05, 4.69) is 6.92 Å². The van der Waals surface area contributed by atoms with E-state index in [9.17, 15) is 8.78 Å². The molecule has 0 heterocycles. The molecule has 14 heavy (non-hydrogen) atoms. The summed E-state index contributed by atoms with van der Waals surface area (Å²) in [5.74, 6) is 0.611. The smallest absolute Gasteiger partial charge is 0.251 e. The third kappa shape index (κ3) is 3.17. The van der Waals surface area contributed by atoms with Crippen molar-refractivity contribution in [3.8, 4) is 0 Å². The SMILES string of the molecule is CC1CCC(N)C(N(C)CC(F)F)C1. The number of alkyl halides is 2. The molecule has 0 bridgehead atoms. The van der Waals surface area contributed by atoms with Gasteiger partial charge in [-0.05, 0) is 32.2 Å². The summed E-state index contributed by atoms with van der Waals surface area (Å²) in [6.45, 7) is 2.00. The maximum atomic E-state index is 12.2. The van der Waals surface area contributed by atoms with Gasteiger partial charge in [-0.15, -0.1) is 0 Å². The van der Waals surface area contributed by atoms with Crippen molar-refractivity contribution in [3.63, 3.8) is 0 Å². The molecule has 1 fully saturated rings. The molecular formula is C10H20F2N2. The van der Waals surface area contributed by atoms with Gasteiger partial charge < -0.3 is 5.73 Å². The van der Waals surface area contributed by atoms with Crippen molar-refractivity contribution in [2.45, 2.75) is 44.7 Å². The topological polar surface area (TPSA) is 29.3 Å². The van der Waals surface area contributed by atoms with Gasteiger partial charge in [0, 0.05) is 12.1 Å². The summed E-state index contributed by atoms with van der Waals surface area (Å²) in [6.07, 6.45) is 0.772. The van der Waals surface area contributed by atoms with E-state index < -0.39 is 6.43 Å². The van der Waals surface area contributed by atoms with E-state index in [4.69, 9.17) is 5.73 Å². The Balaban J connectivity index is 2.46. The third-order valence-corrected chi connectivity index (χ3v) is 3.12. The van der Waals surface area contributed by atoms with Crippen molar-refractivity contribution in [1.82, 2.24) is 4.90 Å². The summed E-state index contributed by atoms with van der Waals surface area (Å²) in [7, 11) is 1.74. The molecule has 1 aliphatic rings. The van der Waals surface area contributed by atoms with E-state index >= 15 is 0 Å². The zero-order valence-electron chi connectivity index (χ0n) is 8.92. The van der Waals surface area contributed by atoms with Gasteiger partial charge in [0.1, 0.15) is 0 Å². The molecule has 1 saturated carbocycles. The van der Waals surface area contributed by atoms with Crippen molar-refractivity contribution in [2.75, 3.05) is 13.6 Å². The van der Waals surface area contributed by atoms with Crippen LogP contribution in [0.5, 0.6) is 0 Å². The Morgan fingerprint density at radius 1 is 1.43 bits per heavy atom. The van der Waals surface area contributed by atoms with Crippen LogP contribution in [0.2, 0.25) is 0 Å². The molecule has 0 aliphatic heterocycles. The van der Waals surface area contributed by atoms with Crippen LogP contribution in [0.4, 0.5) is 8.78 Å². The quantitative estimate of drug-likeness (QED) is 0.761. The number of nitrogens with zero attached hydrogens (tertiary/aromatic N) is 1. The van der Waals surface area contributed by atoms with Crippen LogP contribution in [0.25, 0.3) is 0 Å². The van der Waals surface area contributed by atoms with Gasteiger partial charge in [0.05, 0.1) is 6.54 Å². The normalized spacial score (nSPS) is 34.1. The van der Waals surface area contributed by atoms with Crippen LogP contribution < -0.4 is 5.73 Å². The monoisotopic (exact) mass is 206 g/mol.